The molecule has 1 heterocycles. The van der Waals surface area contributed by atoms with Crippen molar-refractivity contribution in [3.8, 4) is 0 Å². The van der Waals surface area contributed by atoms with E-state index in [0.717, 1.165) is 31.1 Å². The SMILES string of the molecule is CC1=CC(OC=C(C=CC2=C(C)CCCC2(C)C)C(=O)[O-])OC1=O. The molecule has 0 aromatic carbocycles. The van der Waals surface area contributed by atoms with E-state index in [1.807, 2.05) is 6.08 Å². The summed E-state index contributed by atoms with van der Waals surface area (Å²) in [6.07, 6.45) is 8.18. The van der Waals surface area contributed by atoms with Gasteiger partial charge >= 0.3 is 5.97 Å². The fourth-order valence-corrected chi connectivity index (χ4v) is 3.05. The number of aliphatic carboxylic acids is 1. The third kappa shape index (κ3) is 4.16. The van der Waals surface area contributed by atoms with Crippen molar-refractivity contribution in [3.05, 3.63) is 46.8 Å². The van der Waals surface area contributed by atoms with Crippen molar-refractivity contribution in [2.24, 2.45) is 5.41 Å². The van der Waals surface area contributed by atoms with Gasteiger partial charge in [0.25, 0.3) is 6.29 Å². The molecule has 0 saturated carbocycles. The van der Waals surface area contributed by atoms with Gasteiger partial charge < -0.3 is 19.4 Å². The van der Waals surface area contributed by atoms with Crippen LogP contribution in [0.25, 0.3) is 0 Å². The fraction of sp³-hybridized carbons (Fsp3) is 0.474. The Bertz CT molecular complexity index is 661. The van der Waals surface area contributed by atoms with Crippen LogP contribution in [0, 0.1) is 5.41 Å². The zero-order chi connectivity index (χ0) is 17.9. The van der Waals surface area contributed by atoms with Crippen LogP contribution in [-0.2, 0) is 19.1 Å². The van der Waals surface area contributed by atoms with E-state index in [1.165, 1.54) is 17.7 Å². The second-order valence-corrected chi connectivity index (χ2v) is 6.88. The highest BCUT2D eigenvalue weighted by Gasteiger charge is 2.26. The van der Waals surface area contributed by atoms with E-state index in [9.17, 15) is 14.7 Å². The first-order valence-electron chi connectivity index (χ1n) is 8.05. The van der Waals surface area contributed by atoms with Gasteiger partial charge in [0.05, 0.1) is 12.2 Å². The minimum Gasteiger partial charge on any atom is -0.545 e. The maximum absolute atomic E-state index is 11.3. The Kier molecular flexibility index (Phi) is 5.32. The van der Waals surface area contributed by atoms with Crippen LogP contribution in [0.5, 0.6) is 0 Å². The lowest BCUT2D eigenvalue weighted by Crippen LogP contribution is -2.24. The second-order valence-electron chi connectivity index (χ2n) is 6.88. The van der Waals surface area contributed by atoms with Gasteiger partial charge in [0.15, 0.2) is 0 Å². The molecule has 1 aliphatic heterocycles. The molecular formula is C19H23O5-. The van der Waals surface area contributed by atoms with Gasteiger partial charge in [-0.05, 0) is 50.2 Å². The van der Waals surface area contributed by atoms with Gasteiger partial charge in [-0.25, -0.2) is 4.79 Å². The zero-order valence-corrected chi connectivity index (χ0v) is 14.5. The molecule has 0 N–H and O–H groups in total. The minimum absolute atomic E-state index is 0.0115. The Morgan fingerprint density at radius 2 is 2.12 bits per heavy atom. The molecule has 24 heavy (non-hydrogen) atoms. The van der Waals surface area contributed by atoms with Crippen molar-refractivity contribution in [2.45, 2.75) is 53.2 Å². The van der Waals surface area contributed by atoms with Crippen molar-refractivity contribution in [3.63, 3.8) is 0 Å². The molecule has 0 spiro atoms. The van der Waals surface area contributed by atoms with Gasteiger partial charge in [-0.3, -0.25) is 0 Å². The van der Waals surface area contributed by atoms with E-state index in [-0.39, 0.29) is 11.0 Å². The van der Waals surface area contributed by atoms with E-state index in [1.54, 1.807) is 6.92 Å². The lowest BCUT2D eigenvalue weighted by Gasteiger charge is -2.33. The average molecular weight is 331 g/mol. The highest BCUT2D eigenvalue weighted by Crippen LogP contribution is 2.40. The van der Waals surface area contributed by atoms with Crippen LogP contribution in [0.1, 0.15) is 47.0 Å². The lowest BCUT2D eigenvalue weighted by atomic mass is 9.72. The summed E-state index contributed by atoms with van der Waals surface area (Å²) in [4.78, 5) is 22.6. The van der Waals surface area contributed by atoms with Crippen molar-refractivity contribution < 1.29 is 24.2 Å². The van der Waals surface area contributed by atoms with E-state index < -0.39 is 18.2 Å². The molecule has 1 atom stereocenters. The number of rotatable bonds is 5. The summed E-state index contributed by atoms with van der Waals surface area (Å²) in [6.45, 7) is 7.99. The van der Waals surface area contributed by atoms with Gasteiger partial charge in [0, 0.05) is 17.2 Å². The van der Waals surface area contributed by atoms with Gasteiger partial charge in [-0.2, -0.15) is 0 Å². The first-order valence-corrected chi connectivity index (χ1v) is 8.05. The van der Waals surface area contributed by atoms with Crippen LogP contribution in [0.2, 0.25) is 0 Å². The standard InChI is InChI=1S/C19H24O5/c1-12-6-5-9-19(3,4)15(12)8-7-14(17(20)21)11-23-16-10-13(2)18(22)24-16/h7-8,10-11,16H,5-6,9H2,1-4H3,(H,20,21)/p-1. The maximum Gasteiger partial charge on any atom is 0.336 e. The number of hydrogen-bond acceptors (Lipinski definition) is 5. The molecule has 0 aromatic rings. The summed E-state index contributed by atoms with van der Waals surface area (Å²) < 4.78 is 10.1. The molecule has 0 aromatic heterocycles. The largest absolute Gasteiger partial charge is 0.545 e. The Morgan fingerprint density at radius 1 is 1.42 bits per heavy atom. The number of carbonyl (C=O) groups is 2. The predicted molar refractivity (Wildman–Crippen MR) is 87.3 cm³/mol. The number of esters is 1. The molecule has 0 bridgehead atoms. The third-order valence-corrected chi connectivity index (χ3v) is 4.47. The van der Waals surface area contributed by atoms with E-state index in [2.05, 4.69) is 20.8 Å². The summed E-state index contributed by atoms with van der Waals surface area (Å²) in [5.41, 5.74) is 2.75. The van der Waals surface area contributed by atoms with Gasteiger partial charge in [0.2, 0.25) is 0 Å². The maximum atomic E-state index is 11.3. The quantitative estimate of drug-likeness (QED) is 0.335. The molecule has 0 fully saturated rings. The fourth-order valence-electron chi connectivity index (χ4n) is 3.05. The third-order valence-electron chi connectivity index (χ3n) is 4.47. The zero-order valence-electron chi connectivity index (χ0n) is 14.5. The Hall–Kier alpha value is -2.30. The Labute approximate surface area is 142 Å². The van der Waals surface area contributed by atoms with Crippen LogP contribution < -0.4 is 5.11 Å². The molecule has 0 saturated heterocycles. The summed E-state index contributed by atoms with van der Waals surface area (Å²) in [5.74, 6) is -1.81. The molecule has 5 nitrogen and oxygen atoms in total. The number of carboxylic acid groups (broad SMARTS) is 1. The number of carboxylic acids is 1. The van der Waals surface area contributed by atoms with Gasteiger partial charge in [-0.1, -0.05) is 25.5 Å². The smallest absolute Gasteiger partial charge is 0.336 e. The minimum atomic E-state index is -1.34. The van der Waals surface area contributed by atoms with Crippen molar-refractivity contribution >= 4 is 11.9 Å². The molecule has 2 aliphatic rings. The molecular weight excluding hydrogens is 308 g/mol. The van der Waals surface area contributed by atoms with Crippen LogP contribution >= 0.6 is 0 Å². The average Bonchev–Trinajstić information content (AvgIpc) is 2.79. The summed E-state index contributed by atoms with van der Waals surface area (Å²) in [5, 5.41) is 11.3. The molecule has 0 amide bonds. The van der Waals surface area contributed by atoms with E-state index in [0.29, 0.717) is 5.57 Å². The predicted octanol–water partition coefficient (Wildman–Crippen LogP) is 2.55. The molecule has 2 rings (SSSR count). The Morgan fingerprint density at radius 3 is 2.67 bits per heavy atom. The van der Waals surface area contributed by atoms with Crippen molar-refractivity contribution in [1.29, 1.82) is 0 Å². The number of hydrogen-bond donors (Lipinski definition) is 0. The van der Waals surface area contributed by atoms with Crippen LogP contribution in [0.15, 0.2) is 46.8 Å². The van der Waals surface area contributed by atoms with E-state index in [4.69, 9.17) is 9.47 Å². The summed E-state index contributed by atoms with van der Waals surface area (Å²) in [7, 11) is 0. The summed E-state index contributed by atoms with van der Waals surface area (Å²) in [6, 6.07) is 0. The van der Waals surface area contributed by atoms with E-state index >= 15 is 0 Å². The molecule has 0 radical (unpaired) electrons. The van der Waals surface area contributed by atoms with Crippen LogP contribution in [0.4, 0.5) is 0 Å². The van der Waals surface area contributed by atoms with Crippen LogP contribution in [0.3, 0.4) is 0 Å². The van der Waals surface area contributed by atoms with Crippen molar-refractivity contribution in [1.82, 2.24) is 0 Å². The highest BCUT2D eigenvalue weighted by atomic mass is 16.7. The molecule has 1 aliphatic carbocycles. The second kappa shape index (κ2) is 7.07. The normalized spacial score (nSPS) is 24.2. The first kappa shape index (κ1) is 18.0. The lowest BCUT2D eigenvalue weighted by molar-refractivity contribution is -0.298. The highest BCUT2D eigenvalue weighted by molar-refractivity contribution is 5.90. The number of cyclic esters (lactones) is 1. The van der Waals surface area contributed by atoms with Crippen LogP contribution in [-0.4, -0.2) is 18.2 Å². The first-order chi connectivity index (χ1) is 11.2. The number of allylic oxidation sites excluding steroid dienone is 3. The number of carbonyl (C=O) groups excluding carboxylic acids is 2. The van der Waals surface area contributed by atoms with Crippen molar-refractivity contribution in [2.75, 3.05) is 0 Å². The monoisotopic (exact) mass is 331 g/mol. The Balaban J connectivity index is 2.15. The van der Waals surface area contributed by atoms with Gasteiger partial charge in [-0.15, -0.1) is 0 Å². The number of ether oxygens (including phenoxy) is 2. The molecule has 130 valence electrons. The topological polar surface area (TPSA) is 75.7 Å². The molecule has 5 heteroatoms. The van der Waals surface area contributed by atoms with Gasteiger partial charge in [0.1, 0.15) is 0 Å². The molecule has 1 unspecified atom stereocenters. The summed E-state index contributed by atoms with van der Waals surface area (Å²) >= 11 is 0.